The lowest BCUT2D eigenvalue weighted by Gasteiger charge is -2.31. The third kappa shape index (κ3) is 2.97. The van der Waals surface area contributed by atoms with Crippen LogP contribution in [0.3, 0.4) is 0 Å². The SMILES string of the molecule is Cc1ccc(N(C[C@H]2C=C(N)NC2)C(C)C)cc1. The lowest BCUT2D eigenvalue weighted by molar-refractivity contribution is 0.579. The van der Waals surface area contributed by atoms with E-state index in [1.54, 1.807) is 0 Å². The molecule has 0 saturated carbocycles. The first-order valence-corrected chi connectivity index (χ1v) is 6.60. The van der Waals surface area contributed by atoms with E-state index in [2.05, 4.69) is 61.3 Å². The van der Waals surface area contributed by atoms with Crippen LogP contribution in [0.1, 0.15) is 19.4 Å². The molecule has 0 saturated heterocycles. The van der Waals surface area contributed by atoms with Crippen molar-refractivity contribution in [1.29, 1.82) is 0 Å². The Morgan fingerprint density at radius 3 is 2.50 bits per heavy atom. The Morgan fingerprint density at radius 2 is 2.00 bits per heavy atom. The molecule has 2 rings (SSSR count). The van der Waals surface area contributed by atoms with Gasteiger partial charge in [0.15, 0.2) is 0 Å². The fourth-order valence-electron chi connectivity index (χ4n) is 2.34. The predicted molar refractivity (Wildman–Crippen MR) is 77.4 cm³/mol. The van der Waals surface area contributed by atoms with E-state index in [1.165, 1.54) is 11.3 Å². The molecule has 1 aromatic rings. The summed E-state index contributed by atoms with van der Waals surface area (Å²) in [5, 5.41) is 3.19. The zero-order valence-corrected chi connectivity index (χ0v) is 11.5. The number of hydrogen-bond donors (Lipinski definition) is 2. The standard InChI is InChI=1S/C15H23N3/c1-11(2)18(10-13-8-15(16)17-9-13)14-6-4-12(3)5-7-14/h4-8,11,13,17H,9-10,16H2,1-3H3/t13-/m0/s1. The van der Waals surface area contributed by atoms with Gasteiger partial charge >= 0.3 is 0 Å². The minimum atomic E-state index is 0.489. The number of nitrogens with zero attached hydrogens (tertiary/aromatic N) is 1. The summed E-state index contributed by atoms with van der Waals surface area (Å²) in [5.74, 6) is 1.31. The van der Waals surface area contributed by atoms with Gasteiger partial charge in [0, 0.05) is 30.7 Å². The number of rotatable bonds is 4. The molecular formula is C15H23N3. The van der Waals surface area contributed by atoms with Crippen LogP contribution in [0, 0.1) is 12.8 Å². The van der Waals surface area contributed by atoms with Crippen molar-refractivity contribution in [1.82, 2.24) is 5.32 Å². The lowest BCUT2D eigenvalue weighted by atomic mass is 10.1. The number of nitrogens with two attached hydrogens (primary N) is 1. The molecule has 3 nitrogen and oxygen atoms in total. The van der Waals surface area contributed by atoms with Crippen molar-refractivity contribution in [3.8, 4) is 0 Å². The summed E-state index contributed by atoms with van der Waals surface area (Å²) in [6.07, 6.45) is 2.13. The van der Waals surface area contributed by atoms with Crippen LogP contribution in [-0.2, 0) is 0 Å². The number of benzene rings is 1. The van der Waals surface area contributed by atoms with Crippen LogP contribution in [0.15, 0.2) is 36.2 Å². The van der Waals surface area contributed by atoms with Crippen LogP contribution in [0.5, 0.6) is 0 Å². The topological polar surface area (TPSA) is 41.3 Å². The van der Waals surface area contributed by atoms with Gasteiger partial charge in [0.05, 0.1) is 5.82 Å². The largest absolute Gasteiger partial charge is 0.386 e. The number of hydrogen-bond acceptors (Lipinski definition) is 3. The van der Waals surface area contributed by atoms with Crippen LogP contribution in [0.4, 0.5) is 5.69 Å². The van der Waals surface area contributed by atoms with Gasteiger partial charge in [-0.15, -0.1) is 0 Å². The molecule has 1 heterocycles. The van der Waals surface area contributed by atoms with Gasteiger partial charge < -0.3 is 16.0 Å². The van der Waals surface area contributed by atoms with Gasteiger partial charge in [-0.25, -0.2) is 0 Å². The van der Waals surface area contributed by atoms with Gasteiger partial charge in [-0.1, -0.05) is 17.7 Å². The average molecular weight is 245 g/mol. The summed E-state index contributed by atoms with van der Waals surface area (Å²) in [5.41, 5.74) is 8.35. The quantitative estimate of drug-likeness (QED) is 0.854. The molecule has 1 aliphatic heterocycles. The van der Waals surface area contributed by atoms with Gasteiger partial charge in [-0.05, 0) is 39.0 Å². The van der Waals surface area contributed by atoms with Crippen molar-refractivity contribution in [2.45, 2.75) is 26.8 Å². The Hall–Kier alpha value is -1.64. The molecule has 0 radical (unpaired) electrons. The summed E-state index contributed by atoms with van der Waals surface area (Å²) in [7, 11) is 0. The van der Waals surface area contributed by atoms with E-state index in [1.807, 2.05) is 0 Å². The Kier molecular flexibility index (Phi) is 3.80. The summed E-state index contributed by atoms with van der Waals surface area (Å²) in [4.78, 5) is 2.43. The molecule has 1 aromatic carbocycles. The smallest absolute Gasteiger partial charge is 0.0923 e. The van der Waals surface area contributed by atoms with Gasteiger partial charge in [-0.2, -0.15) is 0 Å². The molecule has 0 aromatic heterocycles. The maximum absolute atomic E-state index is 5.77. The van der Waals surface area contributed by atoms with Crippen molar-refractivity contribution < 1.29 is 0 Å². The van der Waals surface area contributed by atoms with Gasteiger partial charge in [0.2, 0.25) is 0 Å². The van der Waals surface area contributed by atoms with E-state index in [9.17, 15) is 0 Å². The third-order valence-electron chi connectivity index (χ3n) is 3.40. The summed E-state index contributed by atoms with van der Waals surface area (Å²) in [6.45, 7) is 8.54. The maximum Gasteiger partial charge on any atom is 0.0923 e. The predicted octanol–water partition coefficient (Wildman–Crippen LogP) is 2.23. The Balaban J connectivity index is 2.11. The monoisotopic (exact) mass is 245 g/mol. The van der Waals surface area contributed by atoms with Crippen LogP contribution in [-0.4, -0.2) is 19.1 Å². The minimum Gasteiger partial charge on any atom is -0.386 e. The zero-order chi connectivity index (χ0) is 13.1. The fourth-order valence-corrected chi connectivity index (χ4v) is 2.34. The average Bonchev–Trinajstić information content (AvgIpc) is 2.73. The first-order chi connectivity index (χ1) is 8.56. The van der Waals surface area contributed by atoms with E-state index >= 15 is 0 Å². The highest BCUT2D eigenvalue weighted by Gasteiger charge is 2.19. The summed E-state index contributed by atoms with van der Waals surface area (Å²) in [6, 6.07) is 9.22. The summed E-state index contributed by atoms with van der Waals surface area (Å²) < 4.78 is 0. The zero-order valence-electron chi connectivity index (χ0n) is 11.5. The van der Waals surface area contributed by atoms with E-state index in [0.717, 1.165) is 18.9 Å². The van der Waals surface area contributed by atoms with Crippen molar-refractivity contribution in [2.75, 3.05) is 18.0 Å². The third-order valence-corrected chi connectivity index (χ3v) is 3.40. The molecule has 3 heteroatoms. The maximum atomic E-state index is 5.77. The van der Waals surface area contributed by atoms with Gasteiger partial charge in [0.1, 0.15) is 0 Å². The second kappa shape index (κ2) is 5.34. The molecule has 0 spiro atoms. The normalized spacial score (nSPS) is 18.7. The first kappa shape index (κ1) is 12.8. The highest BCUT2D eigenvalue weighted by Crippen LogP contribution is 2.20. The van der Waals surface area contributed by atoms with Gasteiger partial charge in [-0.3, -0.25) is 0 Å². The minimum absolute atomic E-state index is 0.489. The molecular weight excluding hydrogens is 222 g/mol. The second-order valence-electron chi connectivity index (χ2n) is 5.34. The van der Waals surface area contributed by atoms with Gasteiger partial charge in [0.25, 0.3) is 0 Å². The molecule has 0 unspecified atom stereocenters. The van der Waals surface area contributed by atoms with Crippen LogP contribution in [0.25, 0.3) is 0 Å². The molecule has 0 fully saturated rings. The van der Waals surface area contributed by atoms with Crippen molar-refractivity contribution in [3.05, 3.63) is 41.7 Å². The fraction of sp³-hybridized carbons (Fsp3) is 0.467. The highest BCUT2D eigenvalue weighted by atomic mass is 15.2. The molecule has 18 heavy (non-hydrogen) atoms. The number of aryl methyl sites for hydroxylation is 1. The van der Waals surface area contributed by atoms with Crippen LogP contribution < -0.4 is 16.0 Å². The Morgan fingerprint density at radius 1 is 1.33 bits per heavy atom. The van der Waals surface area contributed by atoms with Crippen LogP contribution >= 0.6 is 0 Å². The van der Waals surface area contributed by atoms with Crippen molar-refractivity contribution in [2.24, 2.45) is 11.7 Å². The number of nitrogens with one attached hydrogen (secondary N) is 1. The molecule has 0 aliphatic carbocycles. The molecule has 0 bridgehead atoms. The number of anilines is 1. The van der Waals surface area contributed by atoms with E-state index in [-0.39, 0.29) is 0 Å². The highest BCUT2D eigenvalue weighted by molar-refractivity contribution is 5.48. The van der Waals surface area contributed by atoms with Crippen molar-refractivity contribution >= 4 is 5.69 Å². The van der Waals surface area contributed by atoms with E-state index in [0.29, 0.717) is 12.0 Å². The van der Waals surface area contributed by atoms with E-state index in [4.69, 9.17) is 5.73 Å². The lowest BCUT2D eigenvalue weighted by Crippen LogP contribution is -2.36. The Bertz CT molecular complexity index is 420. The first-order valence-electron chi connectivity index (χ1n) is 6.60. The molecule has 1 atom stereocenters. The molecule has 3 N–H and O–H groups in total. The van der Waals surface area contributed by atoms with E-state index < -0.39 is 0 Å². The molecule has 0 amide bonds. The van der Waals surface area contributed by atoms with Crippen molar-refractivity contribution in [3.63, 3.8) is 0 Å². The molecule has 98 valence electrons. The Labute approximate surface area is 110 Å². The van der Waals surface area contributed by atoms with Crippen LogP contribution in [0.2, 0.25) is 0 Å². The second-order valence-corrected chi connectivity index (χ2v) is 5.34. The summed E-state index contributed by atoms with van der Waals surface area (Å²) >= 11 is 0. The molecule has 1 aliphatic rings.